The topological polar surface area (TPSA) is 64.6 Å². The number of carbonyl (C=O) groups excluding carboxylic acids is 2. The zero-order valence-electron chi connectivity index (χ0n) is 13.6. The van der Waals surface area contributed by atoms with Gasteiger partial charge in [0.25, 0.3) is 0 Å². The Morgan fingerprint density at radius 2 is 1.75 bits per heavy atom. The van der Waals surface area contributed by atoms with Crippen LogP contribution in [0.3, 0.4) is 0 Å². The first-order valence-electron chi connectivity index (χ1n) is 7.76. The van der Waals surface area contributed by atoms with Gasteiger partial charge < -0.3 is 14.8 Å². The third-order valence-electron chi connectivity index (χ3n) is 4.26. The van der Waals surface area contributed by atoms with Crippen LogP contribution in [-0.4, -0.2) is 26.1 Å². The van der Waals surface area contributed by atoms with E-state index in [1.54, 1.807) is 31.4 Å². The SMILES string of the molecule is COC(=O)c1ccccc1NC(=O)C1CC1c1ccc(OC)cc1. The number of hydrogen-bond donors (Lipinski definition) is 1. The molecule has 24 heavy (non-hydrogen) atoms. The van der Waals surface area contributed by atoms with Crippen LogP contribution in [0, 0.1) is 5.92 Å². The van der Waals surface area contributed by atoms with Gasteiger partial charge in [-0.15, -0.1) is 0 Å². The molecule has 0 radical (unpaired) electrons. The number of anilines is 1. The quantitative estimate of drug-likeness (QED) is 0.857. The van der Waals surface area contributed by atoms with Crippen molar-refractivity contribution in [2.75, 3.05) is 19.5 Å². The number of methoxy groups -OCH3 is 2. The molecule has 2 atom stereocenters. The number of ether oxygens (including phenoxy) is 2. The number of nitrogens with one attached hydrogen (secondary N) is 1. The summed E-state index contributed by atoms with van der Waals surface area (Å²) in [5.41, 5.74) is 1.96. The van der Waals surface area contributed by atoms with E-state index in [1.165, 1.54) is 7.11 Å². The molecular formula is C19H19NO4. The molecule has 0 bridgehead atoms. The molecule has 0 saturated heterocycles. The maximum Gasteiger partial charge on any atom is 0.339 e. The van der Waals surface area contributed by atoms with Crippen LogP contribution in [0.15, 0.2) is 48.5 Å². The van der Waals surface area contributed by atoms with Crippen LogP contribution < -0.4 is 10.1 Å². The van der Waals surface area contributed by atoms with Crippen LogP contribution in [0.5, 0.6) is 5.75 Å². The molecule has 1 saturated carbocycles. The van der Waals surface area contributed by atoms with Crippen molar-refractivity contribution in [3.8, 4) is 5.75 Å². The minimum Gasteiger partial charge on any atom is -0.497 e. The third kappa shape index (κ3) is 3.25. The molecule has 1 aliphatic rings. The number of carbonyl (C=O) groups is 2. The Labute approximate surface area is 140 Å². The van der Waals surface area contributed by atoms with Crippen LogP contribution in [0.4, 0.5) is 5.69 Å². The van der Waals surface area contributed by atoms with E-state index in [1.807, 2.05) is 24.3 Å². The van der Waals surface area contributed by atoms with E-state index in [0.717, 1.165) is 17.7 Å². The second-order valence-electron chi connectivity index (χ2n) is 5.75. The van der Waals surface area contributed by atoms with Gasteiger partial charge in [-0.2, -0.15) is 0 Å². The second-order valence-corrected chi connectivity index (χ2v) is 5.75. The molecule has 2 unspecified atom stereocenters. The van der Waals surface area contributed by atoms with Crippen molar-refractivity contribution in [2.45, 2.75) is 12.3 Å². The highest BCUT2D eigenvalue weighted by Crippen LogP contribution is 2.48. The summed E-state index contributed by atoms with van der Waals surface area (Å²) in [5, 5.41) is 2.85. The summed E-state index contributed by atoms with van der Waals surface area (Å²) in [7, 11) is 2.95. The predicted octanol–water partition coefficient (Wildman–Crippen LogP) is 3.22. The fourth-order valence-electron chi connectivity index (χ4n) is 2.81. The average molecular weight is 325 g/mol. The number of para-hydroxylation sites is 1. The summed E-state index contributed by atoms with van der Waals surface area (Å²) in [6.07, 6.45) is 0.804. The van der Waals surface area contributed by atoms with Gasteiger partial charge in [0.2, 0.25) is 5.91 Å². The molecule has 0 heterocycles. The van der Waals surface area contributed by atoms with Crippen molar-refractivity contribution >= 4 is 17.6 Å². The van der Waals surface area contributed by atoms with E-state index in [2.05, 4.69) is 5.32 Å². The largest absolute Gasteiger partial charge is 0.497 e. The normalized spacial score (nSPS) is 18.6. The van der Waals surface area contributed by atoms with Crippen LogP contribution in [0.2, 0.25) is 0 Å². The van der Waals surface area contributed by atoms with Crippen molar-refractivity contribution in [2.24, 2.45) is 5.92 Å². The Bertz CT molecular complexity index is 754. The fourth-order valence-corrected chi connectivity index (χ4v) is 2.81. The number of hydrogen-bond acceptors (Lipinski definition) is 4. The molecular weight excluding hydrogens is 306 g/mol. The number of amides is 1. The molecule has 1 amide bonds. The predicted molar refractivity (Wildman–Crippen MR) is 90.3 cm³/mol. The minimum atomic E-state index is -0.464. The standard InChI is InChI=1S/C19H19NO4/c1-23-13-9-7-12(8-10-13)15-11-16(15)18(21)20-17-6-4-3-5-14(17)19(22)24-2/h3-10,15-16H,11H2,1-2H3,(H,20,21). The van der Waals surface area contributed by atoms with E-state index in [4.69, 9.17) is 9.47 Å². The Kier molecular flexibility index (Phi) is 4.51. The van der Waals surface area contributed by atoms with E-state index >= 15 is 0 Å². The maximum atomic E-state index is 12.5. The van der Waals surface area contributed by atoms with E-state index in [9.17, 15) is 9.59 Å². The van der Waals surface area contributed by atoms with Crippen molar-refractivity contribution in [1.29, 1.82) is 0 Å². The molecule has 0 aliphatic heterocycles. The molecule has 1 N–H and O–H groups in total. The van der Waals surface area contributed by atoms with E-state index in [0.29, 0.717) is 11.3 Å². The fraction of sp³-hybridized carbons (Fsp3) is 0.263. The lowest BCUT2D eigenvalue weighted by molar-refractivity contribution is -0.117. The number of rotatable bonds is 5. The highest BCUT2D eigenvalue weighted by Gasteiger charge is 2.44. The van der Waals surface area contributed by atoms with Crippen molar-refractivity contribution in [1.82, 2.24) is 0 Å². The molecule has 5 nitrogen and oxygen atoms in total. The summed E-state index contributed by atoms with van der Waals surface area (Å²) in [4.78, 5) is 24.2. The van der Waals surface area contributed by atoms with Gasteiger partial charge in [-0.05, 0) is 42.2 Å². The minimum absolute atomic E-state index is 0.0767. The van der Waals surface area contributed by atoms with E-state index in [-0.39, 0.29) is 17.7 Å². The van der Waals surface area contributed by atoms with Crippen molar-refractivity contribution in [3.05, 3.63) is 59.7 Å². The lowest BCUT2D eigenvalue weighted by Crippen LogP contribution is -2.17. The average Bonchev–Trinajstić information content (AvgIpc) is 3.42. The zero-order chi connectivity index (χ0) is 17.1. The molecule has 1 aliphatic carbocycles. The van der Waals surface area contributed by atoms with Crippen LogP contribution in [0.25, 0.3) is 0 Å². The molecule has 3 rings (SSSR count). The summed E-state index contributed by atoms with van der Waals surface area (Å²) in [6, 6.07) is 14.6. The van der Waals surface area contributed by atoms with Crippen LogP contribution in [-0.2, 0) is 9.53 Å². The Hall–Kier alpha value is -2.82. The summed E-state index contributed by atoms with van der Waals surface area (Å²) < 4.78 is 9.89. The highest BCUT2D eigenvalue weighted by molar-refractivity contribution is 6.02. The second kappa shape index (κ2) is 6.74. The Balaban J connectivity index is 1.68. The van der Waals surface area contributed by atoms with Crippen molar-refractivity contribution in [3.63, 3.8) is 0 Å². The molecule has 2 aromatic carbocycles. The lowest BCUT2D eigenvalue weighted by Gasteiger charge is -2.09. The van der Waals surface area contributed by atoms with Gasteiger partial charge >= 0.3 is 5.97 Å². The van der Waals surface area contributed by atoms with Crippen LogP contribution in [0.1, 0.15) is 28.3 Å². The molecule has 5 heteroatoms. The maximum absolute atomic E-state index is 12.5. The van der Waals surface area contributed by atoms with Crippen molar-refractivity contribution < 1.29 is 19.1 Å². The van der Waals surface area contributed by atoms with Gasteiger partial charge in [0, 0.05) is 5.92 Å². The van der Waals surface area contributed by atoms with Gasteiger partial charge in [-0.3, -0.25) is 4.79 Å². The van der Waals surface area contributed by atoms with Gasteiger partial charge in [-0.25, -0.2) is 4.79 Å². The highest BCUT2D eigenvalue weighted by atomic mass is 16.5. The molecule has 0 spiro atoms. The van der Waals surface area contributed by atoms with Gasteiger partial charge in [0.05, 0.1) is 25.5 Å². The zero-order valence-corrected chi connectivity index (χ0v) is 13.6. The van der Waals surface area contributed by atoms with E-state index < -0.39 is 5.97 Å². The van der Waals surface area contributed by atoms with Gasteiger partial charge in [0.15, 0.2) is 0 Å². The van der Waals surface area contributed by atoms with Gasteiger partial charge in [0.1, 0.15) is 5.75 Å². The first kappa shape index (κ1) is 16.1. The van der Waals surface area contributed by atoms with Crippen LogP contribution >= 0.6 is 0 Å². The first-order chi connectivity index (χ1) is 11.6. The molecule has 124 valence electrons. The monoisotopic (exact) mass is 325 g/mol. The summed E-state index contributed by atoms with van der Waals surface area (Å²) in [5.74, 6) is 0.387. The number of benzene rings is 2. The summed E-state index contributed by atoms with van der Waals surface area (Å²) in [6.45, 7) is 0. The van der Waals surface area contributed by atoms with Gasteiger partial charge in [-0.1, -0.05) is 24.3 Å². The smallest absolute Gasteiger partial charge is 0.339 e. The molecule has 2 aromatic rings. The Morgan fingerprint density at radius 1 is 1.04 bits per heavy atom. The molecule has 0 aromatic heterocycles. The summed E-state index contributed by atoms with van der Waals surface area (Å²) >= 11 is 0. The third-order valence-corrected chi connectivity index (χ3v) is 4.26. The first-order valence-corrected chi connectivity index (χ1v) is 7.76. The molecule has 1 fully saturated rings. The number of esters is 1. The lowest BCUT2D eigenvalue weighted by atomic mass is 10.1. The Morgan fingerprint density at radius 3 is 2.42 bits per heavy atom.